The van der Waals surface area contributed by atoms with Crippen molar-refractivity contribution in [2.75, 3.05) is 5.32 Å². The smallest absolute Gasteiger partial charge is 0.257 e. The normalized spacial score (nSPS) is 11.0. The summed E-state index contributed by atoms with van der Waals surface area (Å²) in [5, 5.41) is 5.01. The Balaban J connectivity index is 1.86. The Morgan fingerprint density at radius 1 is 1.11 bits per heavy atom. The average molecular weight is 371 g/mol. The van der Waals surface area contributed by atoms with Crippen LogP contribution in [0, 0.1) is 0 Å². The highest BCUT2D eigenvalue weighted by Gasteiger charge is 2.15. The highest BCUT2D eigenvalue weighted by molar-refractivity contribution is 6.13. The van der Waals surface area contributed by atoms with Crippen molar-refractivity contribution in [3.63, 3.8) is 0 Å². The van der Waals surface area contributed by atoms with Crippen LogP contribution in [0.3, 0.4) is 0 Å². The van der Waals surface area contributed by atoms with Crippen LogP contribution in [0.4, 0.5) is 5.69 Å². The molecule has 0 radical (unpaired) electrons. The molecule has 4 rings (SSSR count). The predicted molar refractivity (Wildman–Crippen MR) is 112 cm³/mol. The molecule has 2 aromatic carbocycles. The number of fused-ring (bicyclic) bond motifs is 3. The van der Waals surface area contributed by atoms with E-state index in [1.165, 1.54) is 6.20 Å². The Bertz CT molecular complexity index is 1160. The molecule has 0 unspecified atom stereocenters. The molecule has 1 amide bonds. The summed E-state index contributed by atoms with van der Waals surface area (Å²) in [5.41, 5.74) is 3.58. The Kier molecular flexibility index (Phi) is 4.89. The minimum absolute atomic E-state index is 0.285. The second-order valence-corrected chi connectivity index (χ2v) is 6.79. The third-order valence-electron chi connectivity index (χ3n) is 4.98. The van der Waals surface area contributed by atoms with Gasteiger partial charge in [0.15, 0.2) is 6.29 Å². The first-order valence-corrected chi connectivity index (χ1v) is 9.44. The second-order valence-electron chi connectivity index (χ2n) is 6.79. The molecular formula is C23H21N3O2. The fourth-order valence-electron chi connectivity index (χ4n) is 3.57. The monoisotopic (exact) mass is 371 g/mol. The molecule has 0 spiro atoms. The highest BCUT2D eigenvalue weighted by atomic mass is 16.1. The van der Waals surface area contributed by atoms with E-state index >= 15 is 0 Å². The van der Waals surface area contributed by atoms with Crippen LogP contribution in [-0.2, 0) is 6.54 Å². The Morgan fingerprint density at radius 2 is 1.96 bits per heavy atom. The van der Waals surface area contributed by atoms with Gasteiger partial charge in [0.05, 0.1) is 16.8 Å². The molecule has 5 heteroatoms. The van der Waals surface area contributed by atoms with Crippen molar-refractivity contribution in [1.82, 2.24) is 9.55 Å². The molecule has 28 heavy (non-hydrogen) atoms. The van der Waals surface area contributed by atoms with Crippen molar-refractivity contribution in [2.45, 2.75) is 26.3 Å². The molecule has 0 aliphatic heterocycles. The Labute approximate surface area is 163 Å². The van der Waals surface area contributed by atoms with Crippen LogP contribution >= 0.6 is 0 Å². The number of benzene rings is 2. The maximum Gasteiger partial charge on any atom is 0.257 e. The number of carbonyl (C=O) groups is 2. The zero-order valence-corrected chi connectivity index (χ0v) is 15.7. The summed E-state index contributed by atoms with van der Waals surface area (Å²) in [5.74, 6) is -0.285. The fraction of sp³-hybridized carbons (Fsp3) is 0.174. The van der Waals surface area contributed by atoms with Crippen LogP contribution < -0.4 is 5.32 Å². The molecule has 140 valence electrons. The first-order valence-electron chi connectivity index (χ1n) is 9.44. The Morgan fingerprint density at radius 3 is 2.71 bits per heavy atom. The summed E-state index contributed by atoms with van der Waals surface area (Å²) < 4.78 is 2.27. The van der Waals surface area contributed by atoms with Gasteiger partial charge in [-0.1, -0.05) is 31.5 Å². The number of hydrogen-bond acceptors (Lipinski definition) is 3. The molecule has 4 aromatic rings. The molecule has 1 N–H and O–H groups in total. The molecule has 2 heterocycles. The first kappa shape index (κ1) is 17.9. The number of nitrogens with zero attached hydrogens (tertiary/aromatic N) is 2. The average Bonchev–Trinajstić information content (AvgIpc) is 3.04. The minimum atomic E-state index is -0.285. The van der Waals surface area contributed by atoms with Crippen LogP contribution in [-0.4, -0.2) is 21.7 Å². The van der Waals surface area contributed by atoms with Crippen molar-refractivity contribution in [3.05, 3.63) is 72.1 Å². The molecule has 0 saturated carbocycles. The van der Waals surface area contributed by atoms with Gasteiger partial charge >= 0.3 is 0 Å². The van der Waals surface area contributed by atoms with E-state index in [2.05, 4.69) is 33.9 Å². The van der Waals surface area contributed by atoms with E-state index in [9.17, 15) is 9.59 Å². The molecule has 0 atom stereocenters. The molecule has 0 aliphatic rings. The van der Waals surface area contributed by atoms with Gasteiger partial charge in [-0.05, 0) is 36.8 Å². The number of para-hydroxylation sites is 1. The van der Waals surface area contributed by atoms with E-state index in [0.29, 0.717) is 16.8 Å². The zero-order valence-electron chi connectivity index (χ0n) is 15.7. The fourth-order valence-corrected chi connectivity index (χ4v) is 3.57. The quantitative estimate of drug-likeness (QED) is 0.482. The van der Waals surface area contributed by atoms with Gasteiger partial charge in [-0.25, -0.2) is 0 Å². The lowest BCUT2D eigenvalue weighted by atomic mass is 10.1. The van der Waals surface area contributed by atoms with Gasteiger partial charge in [0.1, 0.15) is 0 Å². The van der Waals surface area contributed by atoms with Gasteiger partial charge in [-0.3, -0.25) is 14.6 Å². The van der Waals surface area contributed by atoms with E-state index in [4.69, 9.17) is 0 Å². The number of aryl methyl sites for hydroxylation is 1. The third kappa shape index (κ3) is 3.16. The van der Waals surface area contributed by atoms with Crippen LogP contribution in [0.2, 0.25) is 0 Å². The van der Waals surface area contributed by atoms with Crippen molar-refractivity contribution in [3.8, 4) is 0 Å². The van der Waals surface area contributed by atoms with Gasteiger partial charge < -0.3 is 9.88 Å². The van der Waals surface area contributed by atoms with Gasteiger partial charge in [-0.15, -0.1) is 0 Å². The summed E-state index contributed by atoms with van der Waals surface area (Å²) in [6, 6.07) is 15.4. The van der Waals surface area contributed by atoms with Gasteiger partial charge in [0.2, 0.25) is 0 Å². The SMILES string of the molecule is CCCCn1c2ccccc2c2cc(C=O)c(NC(=O)c3cccnc3)cc21. The number of hydrogen-bond donors (Lipinski definition) is 1. The van der Waals surface area contributed by atoms with Crippen LogP contribution in [0.1, 0.15) is 40.5 Å². The predicted octanol–water partition coefficient (Wildman–Crippen LogP) is 5.05. The molecule has 0 saturated heterocycles. The van der Waals surface area contributed by atoms with Crippen molar-refractivity contribution >= 4 is 39.7 Å². The van der Waals surface area contributed by atoms with Crippen LogP contribution in [0.5, 0.6) is 0 Å². The molecule has 2 aromatic heterocycles. The maximum absolute atomic E-state index is 12.6. The number of nitrogens with one attached hydrogen (secondary N) is 1. The van der Waals surface area contributed by atoms with Crippen LogP contribution in [0.25, 0.3) is 21.8 Å². The number of carbonyl (C=O) groups excluding carboxylic acids is 2. The summed E-state index contributed by atoms with van der Waals surface area (Å²) in [6.07, 6.45) is 6.06. The van der Waals surface area contributed by atoms with Crippen LogP contribution in [0.15, 0.2) is 60.9 Å². The van der Waals surface area contributed by atoms with E-state index in [0.717, 1.165) is 47.5 Å². The van der Waals surface area contributed by atoms with Gasteiger partial charge in [0.25, 0.3) is 5.91 Å². The number of rotatable bonds is 6. The first-order chi connectivity index (χ1) is 13.7. The molecular weight excluding hydrogens is 350 g/mol. The van der Waals surface area contributed by atoms with Gasteiger partial charge in [-0.2, -0.15) is 0 Å². The summed E-state index contributed by atoms with van der Waals surface area (Å²) in [4.78, 5) is 28.3. The van der Waals surface area contributed by atoms with Crippen molar-refractivity contribution < 1.29 is 9.59 Å². The number of anilines is 1. The van der Waals surface area contributed by atoms with Crippen molar-refractivity contribution in [2.24, 2.45) is 0 Å². The number of pyridine rings is 1. The lowest BCUT2D eigenvalue weighted by molar-refractivity contribution is 0.102. The summed E-state index contributed by atoms with van der Waals surface area (Å²) >= 11 is 0. The van der Waals surface area contributed by atoms with E-state index in [1.807, 2.05) is 24.3 Å². The topological polar surface area (TPSA) is 64.0 Å². The number of aldehydes is 1. The van der Waals surface area contributed by atoms with E-state index < -0.39 is 0 Å². The van der Waals surface area contributed by atoms with Crippen molar-refractivity contribution in [1.29, 1.82) is 0 Å². The third-order valence-corrected chi connectivity index (χ3v) is 4.98. The Hall–Kier alpha value is -3.47. The molecule has 5 nitrogen and oxygen atoms in total. The van der Waals surface area contributed by atoms with Gasteiger partial charge in [0, 0.05) is 40.8 Å². The summed E-state index contributed by atoms with van der Waals surface area (Å²) in [7, 11) is 0. The molecule has 0 bridgehead atoms. The standard InChI is InChI=1S/C23H21N3O2/c1-2-3-11-26-21-9-5-4-8-18(21)19-12-17(15-27)20(13-22(19)26)25-23(28)16-7-6-10-24-14-16/h4-10,12-15H,2-3,11H2,1H3,(H,25,28). The summed E-state index contributed by atoms with van der Waals surface area (Å²) in [6.45, 7) is 3.05. The lowest BCUT2D eigenvalue weighted by Gasteiger charge is -2.11. The molecule has 0 aliphatic carbocycles. The second kappa shape index (κ2) is 7.64. The number of unbranched alkanes of at least 4 members (excludes halogenated alkanes) is 1. The maximum atomic E-state index is 12.6. The largest absolute Gasteiger partial charge is 0.340 e. The number of amides is 1. The minimum Gasteiger partial charge on any atom is -0.340 e. The highest BCUT2D eigenvalue weighted by Crippen LogP contribution is 2.33. The molecule has 0 fully saturated rings. The van der Waals surface area contributed by atoms with E-state index in [-0.39, 0.29) is 5.91 Å². The number of aromatic nitrogens is 2. The lowest BCUT2D eigenvalue weighted by Crippen LogP contribution is -2.13. The van der Waals surface area contributed by atoms with E-state index in [1.54, 1.807) is 18.3 Å². The zero-order chi connectivity index (χ0) is 19.5.